The van der Waals surface area contributed by atoms with Gasteiger partial charge in [-0.15, -0.1) is 0 Å². The van der Waals surface area contributed by atoms with Crippen molar-refractivity contribution in [2.45, 2.75) is 25.9 Å². The molecule has 15 heavy (non-hydrogen) atoms. The van der Waals surface area contributed by atoms with Crippen LogP contribution >= 0.6 is 0 Å². The molecule has 1 N–H and O–H groups in total. The molecule has 78 valence electrons. The largest absolute Gasteiger partial charge is 0.326 e. The molecule has 6 heteroatoms. The molecule has 0 spiro atoms. The van der Waals surface area contributed by atoms with Gasteiger partial charge in [0.15, 0.2) is 11.5 Å². The Morgan fingerprint density at radius 3 is 3.13 bits per heavy atom. The van der Waals surface area contributed by atoms with E-state index in [1.165, 1.54) is 11.4 Å². The second-order valence-corrected chi connectivity index (χ2v) is 3.79. The number of hydrogen-bond donors (Lipinski definition) is 1. The first-order valence-corrected chi connectivity index (χ1v) is 4.91. The summed E-state index contributed by atoms with van der Waals surface area (Å²) in [4.78, 5) is 12.3. The minimum atomic E-state index is 0.0583. The maximum Gasteiger partial charge on any atom is 0.183 e. The van der Waals surface area contributed by atoms with Gasteiger partial charge in [-0.1, -0.05) is 0 Å². The highest BCUT2D eigenvalue weighted by Crippen LogP contribution is 2.26. The van der Waals surface area contributed by atoms with Crippen molar-refractivity contribution >= 4 is 17.0 Å². The maximum atomic E-state index is 9.94. The number of hydroxylamine groups is 1. The average molecular weight is 205 g/mol. The molecular formula is C9H11N5O. The molecule has 6 nitrogen and oxygen atoms in total. The Hall–Kier alpha value is -1.69. The van der Waals surface area contributed by atoms with Crippen molar-refractivity contribution in [3.05, 3.63) is 12.7 Å². The van der Waals surface area contributed by atoms with Crippen LogP contribution in [0.1, 0.15) is 13.3 Å². The van der Waals surface area contributed by atoms with Crippen LogP contribution in [0.25, 0.3) is 11.2 Å². The van der Waals surface area contributed by atoms with Gasteiger partial charge in [-0.25, -0.2) is 20.0 Å². The Bertz CT molecular complexity index is 508. The minimum absolute atomic E-state index is 0.0583. The lowest BCUT2D eigenvalue weighted by molar-refractivity contribution is 0.215. The molecule has 3 rings (SSSR count). The molecule has 0 fully saturated rings. The van der Waals surface area contributed by atoms with Crippen LogP contribution in [0.15, 0.2) is 12.7 Å². The first-order chi connectivity index (χ1) is 7.27. The van der Waals surface area contributed by atoms with Gasteiger partial charge in [0.2, 0.25) is 0 Å². The van der Waals surface area contributed by atoms with Crippen LogP contribution in [0, 0.1) is 0 Å². The molecule has 1 unspecified atom stereocenters. The molecule has 0 aliphatic carbocycles. The first kappa shape index (κ1) is 8.60. The standard InChI is InChI=1S/C9H11N5O/c1-6-2-3-13-5-12-8-7(13)9(14(6)15)11-4-10-8/h4-6,15H,2-3H2,1H3. The van der Waals surface area contributed by atoms with Gasteiger partial charge in [-0.3, -0.25) is 5.21 Å². The summed E-state index contributed by atoms with van der Waals surface area (Å²) in [6.45, 7) is 2.79. The van der Waals surface area contributed by atoms with E-state index < -0.39 is 0 Å². The molecule has 0 saturated heterocycles. The molecule has 2 aromatic rings. The van der Waals surface area contributed by atoms with Crippen LogP contribution in [0.4, 0.5) is 5.82 Å². The molecule has 3 heterocycles. The summed E-state index contributed by atoms with van der Waals surface area (Å²) in [7, 11) is 0. The Morgan fingerprint density at radius 2 is 2.27 bits per heavy atom. The Labute approximate surface area is 86.2 Å². The maximum absolute atomic E-state index is 9.94. The van der Waals surface area contributed by atoms with Gasteiger partial charge in [0.1, 0.15) is 11.8 Å². The highest BCUT2D eigenvalue weighted by atomic mass is 16.5. The lowest BCUT2D eigenvalue weighted by Crippen LogP contribution is -2.29. The van der Waals surface area contributed by atoms with Gasteiger partial charge >= 0.3 is 0 Å². The summed E-state index contributed by atoms with van der Waals surface area (Å²) >= 11 is 0. The molecule has 0 radical (unpaired) electrons. The van der Waals surface area contributed by atoms with Crippen LogP contribution < -0.4 is 5.06 Å². The van der Waals surface area contributed by atoms with Gasteiger partial charge in [0.05, 0.1) is 12.4 Å². The Kier molecular flexibility index (Phi) is 1.66. The summed E-state index contributed by atoms with van der Waals surface area (Å²) in [5.41, 5.74) is 1.44. The van der Waals surface area contributed by atoms with E-state index in [2.05, 4.69) is 15.0 Å². The van der Waals surface area contributed by atoms with E-state index in [-0.39, 0.29) is 6.04 Å². The second kappa shape index (κ2) is 2.90. The van der Waals surface area contributed by atoms with Crippen molar-refractivity contribution in [2.75, 3.05) is 5.06 Å². The molecule has 0 bridgehead atoms. The molecule has 2 aromatic heterocycles. The van der Waals surface area contributed by atoms with E-state index in [9.17, 15) is 5.21 Å². The third-order valence-corrected chi connectivity index (χ3v) is 2.81. The van der Waals surface area contributed by atoms with E-state index in [0.29, 0.717) is 11.5 Å². The molecule has 0 amide bonds. The predicted octanol–water partition coefficient (Wildman–Crippen LogP) is 0.814. The van der Waals surface area contributed by atoms with Crippen molar-refractivity contribution in [3.8, 4) is 0 Å². The molecule has 0 aromatic carbocycles. The summed E-state index contributed by atoms with van der Waals surface area (Å²) in [6, 6.07) is 0.0583. The summed E-state index contributed by atoms with van der Waals surface area (Å²) in [6.07, 6.45) is 4.03. The quantitative estimate of drug-likeness (QED) is 0.689. The van der Waals surface area contributed by atoms with E-state index in [1.807, 2.05) is 11.5 Å². The van der Waals surface area contributed by atoms with E-state index in [0.717, 1.165) is 18.5 Å². The highest BCUT2D eigenvalue weighted by Gasteiger charge is 2.23. The topological polar surface area (TPSA) is 67.1 Å². The van der Waals surface area contributed by atoms with E-state index in [4.69, 9.17) is 0 Å². The normalized spacial score (nSPS) is 20.7. The number of anilines is 1. The number of rotatable bonds is 0. The first-order valence-electron chi connectivity index (χ1n) is 4.91. The van der Waals surface area contributed by atoms with Crippen LogP contribution in [0.3, 0.4) is 0 Å². The average Bonchev–Trinajstić information content (AvgIpc) is 2.62. The molecule has 0 saturated carbocycles. The molecule has 1 atom stereocenters. The number of aryl methyl sites for hydroxylation is 1. The van der Waals surface area contributed by atoms with Crippen molar-refractivity contribution < 1.29 is 5.21 Å². The summed E-state index contributed by atoms with van der Waals surface area (Å²) < 4.78 is 1.98. The zero-order chi connectivity index (χ0) is 10.4. The van der Waals surface area contributed by atoms with Gasteiger partial charge < -0.3 is 4.57 Å². The molecule has 1 aliphatic heterocycles. The van der Waals surface area contributed by atoms with Gasteiger partial charge in [-0.05, 0) is 13.3 Å². The van der Waals surface area contributed by atoms with Gasteiger partial charge in [-0.2, -0.15) is 0 Å². The monoisotopic (exact) mass is 205 g/mol. The zero-order valence-electron chi connectivity index (χ0n) is 8.33. The molecular weight excluding hydrogens is 194 g/mol. The van der Waals surface area contributed by atoms with Crippen molar-refractivity contribution in [1.29, 1.82) is 0 Å². The van der Waals surface area contributed by atoms with Crippen molar-refractivity contribution in [3.63, 3.8) is 0 Å². The highest BCUT2D eigenvalue weighted by molar-refractivity contribution is 5.83. The predicted molar refractivity (Wildman–Crippen MR) is 53.7 cm³/mol. The van der Waals surface area contributed by atoms with Crippen LogP contribution in [0.2, 0.25) is 0 Å². The fourth-order valence-corrected chi connectivity index (χ4v) is 1.89. The zero-order valence-corrected chi connectivity index (χ0v) is 8.33. The lowest BCUT2D eigenvalue weighted by atomic mass is 10.2. The number of nitrogens with zero attached hydrogens (tertiary/aromatic N) is 5. The van der Waals surface area contributed by atoms with Crippen molar-refractivity contribution in [1.82, 2.24) is 19.5 Å². The SMILES string of the molecule is CC1CCn2cnc3ncnc(c32)N1O. The minimum Gasteiger partial charge on any atom is -0.326 e. The second-order valence-electron chi connectivity index (χ2n) is 3.79. The lowest BCUT2D eigenvalue weighted by Gasteiger charge is -2.20. The van der Waals surface area contributed by atoms with E-state index >= 15 is 0 Å². The smallest absolute Gasteiger partial charge is 0.183 e. The third kappa shape index (κ3) is 1.11. The van der Waals surface area contributed by atoms with Gasteiger partial charge in [0.25, 0.3) is 0 Å². The number of imidazole rings is 1. The fourth-order valence-electron chi connectivity index (χ4n) is 1.89. The third-order valence-electron chi connectivity index (χ3n) is 2.81. The van der Waals surface area contributed by atoms with Gasteiger partial charge in [0, 0.05) is 6.54 Å². The summed E-state index contributed by atoms with van der Waals surface area (Å²) in [5, 5.41) is 11.1. The Balaban J connectivity index is 2.33. The summed E-state index contributed by atoms with van der Waals surface area (Å²) in [5.74, 6) is 0.544. The fraction of sp³-hybridized carbons (Fsp3) is 0.444. The van der Waals surface area contributed by atoms with Crippen molar-refractivity contribution in [2.24, 2.45) is 0 Å². The molecule has 1 aliphatic rings. The van der Waals surface area contributed by atoms with E-state index in [1.54, 1.807) is 6.33 Å². The van der Waals surface area contributed by atoms with Crippen LogP contribution in [0.5, 0.6) is 0 Å². The number of aromatic nitrogens is 4. The van der Waals surface area contributed by atoms with Crippen LogP contribution in [-0.4, -0.2) is 30.8 Å². The van der Waals surface area contributed by atoms with Crippen LogP contribution in [-0.2, 0) is 6.54 Å². The number of hydrogen-bond acceptors (Lipinski definition) is 5. The Morgan fingerprint density at radius 1 is 1.40 bits per heavy atom.